The van der Waals surface area contributed by atoms with Crippen molar-refractivity contribution in [3.63, 3.8) is 0 Å². The number of rotatable bonds is 3. The van der Waals surface area contributed by atoms with Crippen LogP contribution in [0.5, 0.6) is 5.75 Å². The molecule has 92 valence electrons. The van der Waals surface area contributed by atoms with E-state index in [1.54, 1.807) is 22.9 Å². The van der Waals surface area contributed by atoms with E-state index in [0.717, 1.165) is 11.3 Å². The Hall–Kier alpha value is -2.36. The van der Waals surface area contributed by atoms with Gasteiger partial charge in [-0.15, -0.1) is 0 Å². The zero-order valence-electron chi connectivity index (χ0n) is 10.1. The minimum atomic E-state index is -0.130. The molecule has 1 aromatic carbocycles. The highest BCUT2D eigenvalue weighted by atomic mass is 16.3. The van der Waals surface area contributed by atoms with Gasteiger partial charge in [0.2, 0.25) is 12.7 Å². The van der Waals surface area contributed by atoms with Crippen LogP contribution in [0.4, 0.5) is 5.69 Å². The minimum Gasteiger partial charge on any atom is -0.503 e. The molecule has 0 aliphatic rings. The van der Waals surface area contributed by atoms with Crippen LogP contribution in [-0.4, -0.2) is 11.0 Å². The molecule has 0 saturated carbocycles. The third kappa shape index (κ3) is 3.31. The third-order valence-electron chi connectivity index (χ3n) is 2.50. The summed E-state index contributed by atoms with van der Waals surface area (Å²) in [5.41, 5.74) is 1.92. The molecular formula is C14H15N2O2+. The molecule has 2 N–H and O–H groups in total. The number of hydrogen-bond acceptors (Lipinski definition) is 2. The fourth-order valence-corrected chi connectivity index (χ4v) is 1.61. The van der Waals surface area contributed by atoms with Crippen LogP contribution in [0.15, 0.2) is 48.8 Å². The lowest BCUT2D eigenvalue weighted by molar-refractivity contribution is -0.684. The first kappa shape index (κ1) is 12.1. The number of benzene rings is 1. The van der Waals surface area contributed by atoms with Gasteiger partial charge in [0.05, 0.1) is 0 Å². The minimum absolute atomic E-state index is 0.130. The summed E-state index contributed by atoms with van der Waals surface area (Å²) in [4.78, 5) is 11.8. The van der Waals surface area contributed by atoms with Crippen molar-refractivity contribution in [1.82, 2.24) is 0 Å². The first-order valence-electron chi connectivity index (χ1n) is 5.68. The van der Waals surface area contributed by atoms with Gasteiger partial charge in [0, 0.05) is 11.8 Å². The predicted octanol–water partition coefficient (Wildman–Crippen LogP) is 1.63. The number of carbonyl (C=O) groups is 1. The highest BCUT2D eigenvalue weighted by Crippen LogP contribution is 2.08. The second-order valence-corrected chi connectivity index (χ2v) is 4.15. The number of amides is 1. The fraction of sp³-hybridized carbons (Fsp3) is 0.143. The molecule has 1 aromatic heterocycles. The topological polar surface area (TPSA) is 53.2 Å². The Morgan fingerprint density at radius 2 is 2.00 bits per heavy atom. The van der Waals surface area contributed by atoms with Crippen molar-refractivity contribution in [3.05, 3.63) is 54.4 Å². The van der Waals surface area contributed by atoms with E-state index in [-0.39, 0.29) is 18.2 Å². The lowest BCUT2D eigenvalue weighted by atomic mass is 10.2. The molecular weight excluding hydrogens is 228 g/mol. The maximum Gasteiger partial charge on any atom is 0.290 e. The normalized spacial score (nSPS) is 10.1. The molecule has 2 aromatic rings. The Kier molecular flexibility index (Phi) is 3.57. The molecule has 0 atom stereocenters. The van der Waals surface area contributed by atoms with E-state index in [2.05, 4.69) is 5.32 Å². The van der Waals surface area contributed by atoms with Gasteiger partial charge in [0.25, 0.3) is 5.91 Å². The molecule has 1 heterocycles. The summed E-state index contributed by atoms with van der Waals surface area (Å²) in [6, 6.07) is 10.9. The maximum absolute atomic E-state index is 11.8. The number of carbonyl (C=O) groups excluding carboxylic acids is 1. The monoisotopic (exact) mass is 243 g/mol. The van der Waals surface area contributed by atoms with Gasteiger partial charge in [-0.1, -0.05) is 17.7 Å². The molecule has 4 nitrogen and oxygen atoms in total. The molecule has 0 aliphatic heterocycles. The summed E-state index contributed by atoms with van der Waals surface area (Å²) in [7, 11) is 0. The first-order valence-corrected chi connectivity index (χ1v) is 5.68. The average molecular weight is 243 g/mol. The van der Waals surface area contributed by atoms with E-state index < -0.39 is 0 Å². The Bertz CT molecular complexity index is 550. The Balaban J connectivity index is 1.98. The standard InChI is InChI=1S/C14H14N2O2/c1-11-4-6-12(7-5-11)15-14(18)10-16-8-2-3-13(17)9-16/h2-9H,10H2,1H3,(H-,15,17,18)/p+1. The molecule has 0 aliphatic carbocycles. The van der Waals surface area contributed by atoms with E-state index in [1.807, 2.05) is 31.2 Å². The van der Waals surface area contributed by atoms with Gasteiger partial charge in [-0.3, -0.25) is 4.79 Å². The summed E-state index contributed by atoms with van der Waals surface area (Å²) in [5, 5.41) is 12.1. The van der Waals surface area contributed by atoms with Crippen LogP contribution in [0.3, 0.4) is 0 Å². The molecule has 2 rings (SSSR count). The van der Waals surface area contributed by atoms with Crippen LogP contribution in [0, 0.1) is 6.92 Å². The molecule has 0 bridgehead atoms. The molecule has 0 spiro atoms. The van der Waals surface area contributed by atoms with E-state index in [4.69, 9.17) is 0 Å². The lowest BCUT2D eigenvalue weighted by Gasteiger charge is -2.03. The van der Waals surface area contributed by atoms with Gasteiger partial charge in [-0.25, -0.2) is 0 Å². The molecule has 0 radical (unpaired) electrons. The van der Waals surface area contributed by atoms with Crippen molar-refractivity contribution in [3.8, 4) is 5.75 Å². The second-order valence-electron chi connectivity index (χ2n) is 4.15. The van der Waals surface area contributed by atoms with Gasteiger partial charge in [-0.2, -0.15) is 4.57 Å². The van der Waals surface area contributed by atoms with Crippen LogP contribution in [-0.2, 0) is 11.3 Å². The number of nitrogens with zero attached hydrogens (tertiary/aromatic N) is 1. The summed E-state index contributed by atoms with van der Waals surface area (Å²) < 4.78 is 1.62. The number of nitrogens with one attached hydrogen (secondary N) is 1. The van der Waals surface area contributed by atoms with E-state index in [9.17, 15) is 9.90 Å². The quantitative estimate of drug-likeness (QED) is 0.805. The number of anilines is 1. The van der Waals surface area contributed by atoms with Crippen molar-refractivity contribution in [1.29, 1.82) is 0 Å². The maximum atomic E-state index is 11.8. The molecule has 0 fully saturated rings. The highest BCUT2D eigenvalue weighted by molar-refractivity contribution is 5.89. The van der Waals surface area contributed by atoms with Gasteiger partial charge in [-0.05, 0) is 25.1 Å². The van der Waals surface area contributed by atoms with Gasteiger partial charge >= 0.3 is 0 Å². The van der Waals surface area contributed by atoms with Crippen molar-refractivity contribution in [2.24, 2.45) is 0 Å². The lowest BCUT2D eigenvalue weighted by Crippen LogP contribution is -2.39. The molecule has 4 heteroatoms. The largest absolute Gasteiger partial charge is 0.503 e. The van der Waals surface area contributed by atoms with Crippen LogP contribution < -0.4 is 9.88 Å². The Morgan fingerprint density at radius 3 is 2.67 bits per heavy atom. The summed E-state index contributed by atoms with van der Waals surface area (Å²) in [6.45, 7) is 2.16. The number of aromatic nitrogens is 1. The third-order valence-corrected chi connectivity index (χ3v) is 2.50. The van der Waals surface area contributed by atoms with Crippen LogP contribution in [0.2, 0.25) is 0 Å². The van der Waals surface area contributed by atoms with Gasteiger partial charge < -0.3 is 10.4 Å². The number of pyridine rings is 1. The van der Waals surface area contributed by atoms with Gasteiger partial charge in [0.15, 0.2) is 11.9 Å². The van der Waals surface area contributed by atoms with Crippen molar-refractivity contribution in [2.75, 3.05) is 5.32 Å². The van der Waals surface area contributed by atoms with Crippen LogP contribution in [0.25, 0.3) is 0 Å². The van der Waals surface area contributed by atoms with E-state index in [0.29, 0.717) is 0 Å². The van der Waals surface area contributed by atoms with Crippen molar-refractivity contribution < 1.29 is 14.5 Å². The summed E-state index contributed by atoms with van der Waals surface area (Å²) in [6.07, 6.45) is 3.24. The summed E-state index contributed by atoms with van der Waals surface area (Å²) in [5.74, 6) is 0.00934. The SMILES string of the molecule is Cc1ccc(NC(=O)C[n+]2cccc(O)c2)cc1. The van der Waals surface area contributed by atoms with Crippen LogP contribution in [0.1, 0.15) is 5.56 Å². The van der Waals surface area contributed by atoms with E-state index in [1.165, 1.54) is 6.20 Å². The molecule has 0 unspecified atom stereocenters. The number of aromatic hydroxyl groups is 1. The van der Waals surface area contributed by atoms with Gasteiger partial charge in [0.1, 0.15) is 0 Å². The zero-order valence-corrected chi connectivity index (χ0v) is 10.1. The van der Waals surface area contributed by atoms with Crippen molar-refractivity contribution in [2.45, 2.75) is 13.5 Å². The fourth-order valence-electron chi connectivity index (χ4n) is 1.61. The molecule has 1 amide bonds. The average Bonchev–Trinajstić information content (AvgIpc) is 2.32. The molecule has 18 heavy (non-hydrogen) atoms. The Morgan fingerprint density at radius 1 is 1.28 bits per heavy atom. The number of hydrogen-bond donors (Lipinski definition) is 2. The smallest absolute Gasteiger partial charge is 0.290 e. The zero-order chi connectivity index (χ0) is 13.0. The van der Waals surface area contributed by atoms with Crippen LogP contribution >= 0.6 is 0 Å². The predicted molar refractivity (Wildman–Crippen MR) is 68.1 cm³/mol. The second kappa shape index (κ2) is 5.31. The van der Waals surface area contributed by atoms with Crippen molar-refractivity contribution >= 4 is 11.6 Å². The summed E-state index contributed by atoms with van der Waals surface area (Å²) >= 11 is 0. The first-order chi connectivity index (χ1) is 8.63. The highest BCUT2D eigenvalue weighted by Gasteiger charge is 2.09. The molecule has 0 saturated heterocycles. The van der Waals surface area contributed by atoms with E-state index >= 15 is 0 Å². The number of aryl methyl sites for hydroxylation is 1. The Labute approximate surface area is 106 Å².